The number of methoxy groups -OCH3 is 1. The molecule has 1 aliphatic rings. The normalized spacial score (nSPS) is 13.5. The van der Waals surface area contributed by atoms with Crippen molar-refractivity contribution >= 4 is 5.97 Å². The molecule has 1 aliphatic carbocycles. The van der Waals surface area contributed by atoms with Crippen LogP contribution in [0.4, 0.5) is 13.2 Å². The van der Waals surface area contributed by atoms with E-state index < -0.39 is 29.0 Å². The summed E-state index contributed by atoms with van der Waals surface area (Å²) in [7, 11) is 1.27. The van der Waals surface area contributed by atoms with Crippen LogP contribution in [0, 0.1) is 17.5 Å². The van der Waals surface area contributed by atoms with Crippen molar-refractivity contribution in [1.82, 2.24) is 4.57 Å². The summed E-state index contributed by atoms with van der Waals surface area (Å²) in [5.74, 6) is -4.42. The molecule has 1 saturated carbocycles. The van der Waals surface area contributed by atoms with Crippen LogP contribution in [0.3, 0.4) is 0 Å². The highest BCUT2D eigenvalue weighted by Gasteiger charge is 2.27. The van der Waals surface area contributed by atoms with Crippen molar-refractivity contribution in [3.05, 3.63) is 87.6 Å². The van der Waals surface area contributed by atoms with Gasteiger partial charge in [-0.05, 0) is 43.0 Å². The van der Waals surface area contributed by atoms with Gasteiger partial charge in [-0.2, -0.15) is 0 Å². The number of halogens is 3. The lowest BCUT2D eigenvalue weighted by molar-refractivity contribution is 0.0728. The fraction of sp³-hybridized carbons (Fsp3) is 0.217. The topological polar surface area (TPSA) is 57.5 Å². The van der Waals surface area contributed by atoms with E-state index in [1.807, 2.05) is 0 Å². The van der Waals surface area contributed by atoms with Gasteiger partial charge in [0, 0.05) is 17.8 Å². The van der Waals surface area contributed by atoms with Crippen LogP contribution in [-0.2, 0) is 0 Å². The van der Waals surface area contributed by atoms with Crippen LogP contribution in [-0.4, -0.2) is 17.6 Å². The molecule has 0 unspecified atom stereocenters. The Balaban J connectivity index is 1.76. The number of benzene rings is 2. The number of carbonyl (C=O) groups is 1. The van der Waals surface area contributed by atoms with Gasteiger partial charge in [-0.15, -0.1) is 0 Å². The van der Waals surface area contributed by atoms with E-state index in [0.717, 1.165) is 36.0 Å². The zero-order chi connectivity index (χ0) is 22.1. The second kappa shape index (κ2) is 8.29. The molecule has 0 N–H and O–H groups in total. The number of hydrogen-bond acceptors (Lipinski definition) is 4. The molecular formula is C23H18F3NO4. The molecule has 160 valence electrons. The molecule has 0 atom stereocenters. The molecule has 0 saturated heterocycles. The summed E-state index contributed by atoms with van der Waals surface area (Å²) < 4.78 is 53.7. The number of nitrogens with zero attached hydrogens (tertiary/aromatic N) is 1. The van der Waals surface area contributed by atoms with Gasteiger partial charge in [0.1, 0.15) is 5.75 Å². The number of esters is 1. The monoisotopic (exact) mass is 429 g/mol. The Morgan fingerprint density at radius 1 is 1.03 bits per heavy atom. The molecule has 0 bridgehead atoms. The predicted octanol–water partition coefficient (Wildman–Crippen LogP) is 4.75. The Hall–Kier alpha value is -3.55. The van der Waals surface area contributed by atoms with Gasteiger partial charge in [-0.25, -0.2) is 18.0 Å². The average Bonchev–Trinajstić information content (AvgIpc) is 2.69. The molecule has 5 nitrogen and oxygen atoms in total. The minimum absolute atomic E-state index is 0.0809. The molecule has 1 fully saturated rings. The number of ether oxygens (including phenoxy) is 2. The Morgan fingerprint density at radius 3 is 2.45 bits per heavy atom. The Labute approximate surface area is 175 Å². The van der Waals surface area contributed by atoms with Gasteiger partial charge in [0.25, 0.3) is 5.56 Å². The fourth-order valence-corrected chi connectivity index (χ4v) is 3.54. The second-order valence-electron chi connectivity index (χ2n) is 7.20. The second-order valence-corrected chi connectivity index (χ2v) is 7.20. The molecule has 4 rings (SSSR count). The lowest BCUT2D eigenvalue weighted by atomic mass is 9.82. The maximum Gasteiger partial charge on any atom is 0.346 e. The molecule has 8 heteroatoms. The molecule has 0 amide bonds. The van der Waals surface area contributed by atoms with Crippen LogP contribution >= 0.6 is 0 Å². The van der Waals surface area contributed by atoms with Crippen molar-refractivity contribution in [3.8, 4) is 17.2 Å². The molecule has 2 aromatic carbocycles. The van der Waals surface area contributed by atoms with Crippen molar-refractivity contribution in [3.63, 3.8) is 0 Å². The number of aromatic nitrogens is 1. The van der Waals surface area contributed by atoms with Gasteiger partial charge in [-0.1, -0.05) is 18.6 Å². The molecule has 31 heavy (non-hydrogen) atoms. The smallest absolute Gasteiger partial charge is 0.346 e. The molecule has 1 aromatic heterocycles. The van der Waals surface area contributed by atoms with Gasteiger partial charge >= 0.3 is 5.97 Å². The van der Waals surface area contributed by atoms with Crippen LogP contribution in [0.15, 0.2) is 53.3 Å². The van der Waals surface area contributed by atoms with E-state index in [2.05, 4.69) is 0 Å². The van der Waals surface area contributed by atoms with Crippen LogP contribution in [0.1, 0.15) is 41.2 Å². The first-order chi connectivity index (χ1) is 14.9. The number of hydrogen-bond donors (Lipinski definition) is 0. The van der Waals surface area contributed by atoms with Crippen LogP contribution < -0.4 is 15.0 Å². The minimum atomic E-state index is -1.15. The first-order valence-corrected chi connectivity index (χ1v) is 9.66. The van der Waals surface area contributed by atoms with Crippen molar-refractivity contribution in [2.75, 3.05) is 7.11 Å². The first kappa shape index (κ1) is 20.7. The van der Waals surface area contributed by atoms with Gasteiger partial charge in [-0.3, -0.25) is 9.36 Å². The Morgan fingerprint density at radius 2 is 1.77 bits per heavy atom. The van der Waals surface area contributed by atoms with Crippen molar-refractivity contribution in [2.45, 2.75) is 25.2 Å². The van der Waals surface area contributed by atoms with Gasteiger partial charge < -0.3 is 9.47 Å². The number of pyridine rings is 1. The molecule has 0 spiro atoms. The summed E-state index contributed by atoms with van der Waals surface area (Å²) in [6, 6.07) is 10.0. The maximum atomic E-state index is 14.4. The van der Waals surface area contributed by atoms with Crippen LogP contribution in [0.25, 0.3) is 5.69 Å². The van der Waals surface area contributed by atoms with E-state index in [9.17, 15) is 22.8 Å². The highest BCUT2D eigenvalue weighted by atomic mass is 19.2. The zero-order valence-corrected chi connectivity index (χ0v) is 16.5. The lowest BCUT2D eigenvalue weighted by Gasteiger charge is -2.29. The fourth-order valence-electron chi connectivity index (χ4n) is 3.54. The maximum absolute atomic E-state index is 14.4. The molecule has 0 aliphatic heterocycles. The third-order valence-electron chi connectivity index (χ3n) is 5.34. The molecule has 3 aromatic rings. The number of rotatable bonds is 5. The summed E-state index contributed by atoms with van der Waals surface area (Å²) >= 11 is 0. The van der Waals surface area contributed by atoms with Gasteiger partial charge in [0.05, 0.1) is 18.4 Å². The Bertz CT molecular complexity index is 1220. The van der Waals surface area contributed by atoms with Crippen molar-refractivity contribution in [1.29, 1.82) is 0 Å². The van der Waals surface area contributed by atoms with E-state index in [0.29, 0.717) is 5.69 Å². The van der Waals surface area contributed by atoms with Crippen LogP contribution in [0.5, 0.6) is 11.5 Å². The quantitative estimate of drug-likeness (QED) is 0.550. The molecule has 0 radical (unpaired) electrons. The van der Waals surface area contributed by atoms with E-state index in [-0.39, 0.29) is 28.7 Å². The van der Waals surface area contributed by atoms with Crippen molar-refractivity contribution in [2.24, 2.45) is 0 Å². The van der Waals surface area contributed by atoms with Gasteiger partial charge in [0.2, 0.25) is 0 Å². The third-order valence-corrected chi connectivity index (χ3v) is 5.34. The summed E-state index contributed by atoms with van der Waals surface area (Å²) in [6.07, 6.45) is 2.42. The third kappa shape index (κ3) is 3.81. The highest BCUT2D eigenvalue weighted by molar-refractivity contribution is 5.91. The zero-order valence-electron chi connectivity index (χ0n) is 16.5. The largest absolute Gasteiger partial charge is 0.494 e. The SMILES string of the molecule is COc1cccc(C(=O)Oc2cc(C3CCC3)n(-c3cccc(F)c3F)c(=O)c2)c1F. The Kier molecular flexibility index (Phi) is 5.54. The van der Waals surface area contributed by atoms with E-state index >= 15 is 0 Å². The van der Waals surface area contributed by atoms with Crippen molar-refractivity contribution < 1.29 is 27.4 Å². The van der Waals surface area contributed by atoms with Gasteiger partial charge in [0.15, 0.2) is 23.2 Å². The highest BCUT2D eigenvalue weighted by Crippen LogP contribution is 2.38. The molecular weight excluding hydrogens is 411 g/mol. The summed E-state index contributed by atoms with van der Waals surface area (Å²) in [5.41, 5.74) is -0.867. The van der Waals surface area contributed by atoms with E-state index in [4.69, 9.17) is 9.47 Å². The summed E-state index contributed by atoms with van der Waals surface area (Å²) in [6.45, 7) is 0. The van der Waals surface area contributed by atoms with Crippen LogP contribution in [0.2, 0.25) is 0 Å². The number of carbonyl (C=O) groups excluding carboxylic acids is 1. The minimum Gasteiger partial charge on any atom is -0.494 e. The summed E-state index contributed by atoms with van der Waals surface area (Å²) in [5, 5.41) is 0. The standard InChI is InChI=1S/C23H18F3NO4/c1-30-19-10-3-7-15(21(19)25)23(29)31-14-11-18(13-5-2-6-13)27(20(28)12-14)17-9-4-8-16(24)22(17)26/h3-4,7-13H,2,5-6H2,1H3. The average molecular weight is 429 g/mol. The molecule has 1 heterocycles. The summed E-state index contributed by atoms with van der Waals surface area (Å²) in [4.78, 5) is 25.3. The first-order valence-electron chi connectivity index (χ1n) is 9.66. The van der Waals surface area contributed by atoms with E-state index in [1.54, 1.807) is 0 Å². The lowest BCUT2D eigenvalue weighted by Crippen LogP contribution is -2.27. The van der Waals surface area contributed by atoms with E-state index in [1.165, 1.54) is 43.5 Å². The predicted molar refractivity (Wildman–Crippen MR) is 106 cm³/mol.